The highest BCUT2D eigenvalue weighted by Gasteiger charge is 2.24. The van der Waals surface area contributed by atoms with Crippen molar-refractivity contribution in [1.29, 1.82) is 0 Å². The van der Waals surface area contributed by atoms with Crippen LogP contribution < -0.4 is 0 Å². The van der Waals surface area contributed by atoms with Crippen molar-refractivity contribution in [2.45, 2.75) is 33.2 Å². The Kier molecular flexibility index (Phi) is 7.54. The van der Waals surface area contributed by atoms with Crippen molar-refractivity contribution in [1.82, 2.24) is 4.90 Å². The zero-order valence-corrected chi connectivity index (χ0v) is 11.4. The minimum atomic E-state index is -0.324. The molecule has 100 valence electrons. The number of methoxy groups -OCH3 is 2. The van der Waals surface area contributed by atoms with Crippen molar-refractivity contribution in [2.75, 3.05) is 27.4 Å². The minimum Gasteiger partial charge on any atom is -0.469 e. The highest BCUT2D eigenvalue weighted by atomic mass is 16.5. The van der Waals surface area contributed by atoms with Crippen LogP contribution in [-0.2, 0) is 19.1 Å². The highest BCUT2D eigenvalue weighted by molar-refractivity contribution is 5.79. The van der Waals surface area contributed by atoms with Gasteiger partial charge in [-0.1, -0.05) is 13.8 Å². The van der Waals surface area contributed by atoms with Gasteiger partial charge in [-0.2, -0.15) is 0 Å². The number of carbonyl (C=O) groups is 2. The van der Waals surface area contributed by atoms with E-state index in [0.717, 1.165) is 6.42 Å². The molecular formula is C12H23NO4. The van der Waals surface area contributed by atoms with Crippen LogP contribution in [0.3, 0.4) is 0 Å². The van der Waals surface area contributed by atoms with Gasteiger partial charge >= 0.3 is 5.97 Å². The summed E-state index contributed by atoms with van der Waals surface area (Å²) < 4.78 is 9.50. The van der Waals surface area contributed by atoms with Gasteiger partial charge in [-0.05, 0) is 13.3 Å². The predicted octanol–water partition coefficient (Wildman–Crippen LogP) is 1.07. The highest BCUT2D eigenvalue weighted by Crippen LogP contribution is 2.09. The van der Waals surface area contributed by atoms with E-state index in [4.69, 9.17) is 4.74 Å². The van der Waals surface area contributed by atoms with Gasteiger partial charge in [0.05, 0.1) is 13.0 Å². The second-order valence-electron chi connectivity index (χ2n) is 4.16. The monoisotopic (exact) mass is 245 g/mol. The second kappa shape index (κ2) is 8.06. The Morgan fingerprint density at radius 3 is 2.24 bits per heavy atom. The molecule has 0 saturated heterocycles. The van der Waals surface area contributed by atoms with Gasteiger partial charge in [0.1, 0.15) is 6.61 Å². The molecular weight excluding hydrogens is 222 g/mol. The summed E-state index contributed by atoms with van der Waals surface area (Å²) >= 11 is 0. The smallest absolute Gasteiger partial charge is 0.310 e. The summed E-state index contributed by atoms with van der Waals surface area (Å²) in [5.41, 5.74) is 0. The summed E-state index contributed by atoms with van der Waals surface area (Å²) in [4.78, 5) is 24.9. The van der Waals surface area contributed by atoms with Crippen LogP contribution in [-0.4, -0.2) is 50.2 Å². The third-order valence-corrected chi connectivity index (χ3v) is 2.79. The molecule has 1 amide bonds. The van der Waals surface area contributed by atoms with E-state index >= 15 is 0 Å². The Balaban J connectivity index is 4.59. The molecule has 0 heterocycles. The molecule has 0 rings (SSSR count). The lowest BCUT2D eigenvalue weighted by Gasteiger charge is -2.30. The van der Waals surface area contributed by atoms with Crippen LogP contribution in [0.1, 0.15) is 27.2 Å². The molecule has 0 fully saturated rings. The first-order valence-electron chi connectivity index (χ1n) is 5.84. The van der Waals surface area contributed by atoms with Crippen molar-refractivity contribution >= 4 is 11.9 Å². The standard InChI is InChI=1S/C12H23NO4/c1-6-10(3)13(11(14)8-16-4)7-9(2)12(15)17-5/h9-10H,6-8H2,1-5H3. The maximum atomic E-state index is 11.8. The number of hydrogen-bond donors (Lipinski definition) is 0. The molecule has 0 N–H and O–H groups in total. The lowest BCUT2D eigenvalue weighted by atomic mass is 10.1. The minimum absolute atomic E-state index is 0.0399. The van der Waals surface area contributed by atoms with Crippen LogP contribution in [0.5, 0.6) is 0 Å². The average Bonchev–Trinajstić information content (AvgIpc) is 2.33. The number of nitrogens with zero attached hydrogens (tertiary/aromatic N) is 1. The van der Waals surface area contributed by atoms with E-state index in [0.29, 0.717) is 6.54 Å². The summed E-state index contributed by atoms with van der Waals surface area (Å²) in [5.74, 6) is -0.726. The lowest BCUT2D eigenvalue weighted by molar-refractivity contribution is -0.147. The molecule has 17 heavy (non-hydrogen) atoms. The quantitative estimate of drug-likeness (QED) is 0.630. The molecule has 0 aromatic heterocycles. The Morgan fingerprint density at radius 1 is 1.24 bits per heavy atom. The van der Waals surface area contributed by atoms with Crippen molar-refractivity contribution in [3.8, 4) is 0 Å². The summed E-state index contributed by atoms with van der Waals surface area (Å²) in [6, 6.07) is 0.0877. The van der Waals surface area contributed by atoms with Crippen LogP contribution in [0.2, 0.25) is 0 Å². The van der Waals surface area contributed by atoms with Gasteiger partial charge in [0.25, 0.3) is 0 Å². The van der Waals surface area contributed by atoms with Crippen LogP contribution in [0.25, 0.3) is 0 Å². The predicted molar refractivity (Wildman–Crippen MR) is 64.5 cm³/mol. The second-order valence-corrected chi connectivity index (χ2v) is 4.16. The fourth-order valence-electron chi connectivity index (χ4n) is 1.53. The SMILES string of the molecule is CCC(C)N(CC(C)C(=O)OC)C(=O)COC. The van der Waals surface area contributed by atoms with Crippen LogP contribution in [0, 0.1) is 5.92 Å². The zero-order valence-electron chi connectivity index (χ0n) is 11.4. The maximum absolute atomic E-state index is 11.8. The number of amides is 1. The Labute approximate surface area is 103 Å². The number of esters is 1. The first-order chi connectivity index (χ1) is 7.97. The molecule has 0 spiro atoms. The van der Waals surface area contributed by atoms with Gasteiger partial charge in [0.15, 0.2) is 0 Å². The molecule has 0 aromatic carbocycles. The van der Waals surface area contributed by atoms with Gasteiger partial charge in [0.2, 0.25) is 5.91 Å². The van der Waals surface area contributed by atoms with Gasteiger partial charge in [-0.3, -0.25) is 9.59 Å². The number of rotatable bonds is 7. The molecule has 0 aliphatic rings. The fraction of sp³-hybridized carbons (Fsp3) is 0.833. The van der Waals surface area contributed by atoms with E-state index in [-0.39, 0.29) is 30.4 Å². The molecule has 5 heteroatoms. The van der Waals surface area contributed by atoms with E-state index in [2.05, 4.69) is 4.74 Å². The Hall–Kier alpha value is -1.10. The maximum Gasteiger partial charge on any atom is 0.310 e. The van der Waals surface area contributed by atoms with Crippen LogP contribution in [0.4, 0.5) is 0 Å². The average molecular weight is 245 g/mol. The molecule has 2 atom stereocenters. The van der Waals surface area contributed by atoms with E-state index in [1.165, 1.54) is 14.2 Å². The normalized spacial score (nSPS) is 13.9. The van der Waals surface area contributed by atoms with Crippen LogP contribution in [0.15, 0.2) is 0 Å². The Morgan fingerprint density at radius 2 is 1.82 bits per heavy atom. The summed E-state index contributed by atoms with van der Waals surface area (Å²) in [6.07, 6.45) is 0.837. The molecule has 0 aromatic rings. The van der Waals surface area contributed by atoms with Gasteiger partial charge in [-0.15, -0.1) is 0 Å². The van der Waals surface area contributed by atoms with Crippen LogP contribution >= 0.6 is 0 Å². The third kappa shape index (κ3) is 5.17. The first-order valence-corrected chi connectivity index (χ1v) is 5.84. The number of hydrogen-bond acceptors (Lipinski definition) is 4. The largest absolute Gasteiger partial charge is 0.469 e. The molecule has 0 aliphatic heterocycles. The molecule has 5 nitrogen and oxygen atoms in total. The number of carbonyl (C=O) groups excluding carboxylic acids is 2. The van der Waals surface area contributed by atoms with E-state index in [1.807, 2.05) is 13.8 Å². The number of ether oxygens (including phenoxy) is 2. The summed E-state index contributed by atoms with van der Waals surface area (Å²) in [7, 11) is 2.83. The fourth-order valence-corrected chi connectivity index (χ4v) is 1.53. The molecule has 0 aliphatic carbocycles. The van der Waals surface area contributed by atoms with E-state index < -0.39 is 0 Å². The lowest BCUT2D eigenvalue weighted by Crippen LogP contribution is -2.44. The van der Waals surface area contributed by atoms with Gasteiger partial charge in [-0.25, -0.2) is 0 Å². The van der Waals surface area contributed by atoms with Crippen molar-refractivity contribution in [3.05, 3.63) is 0 Å². The Bertz CT molecular complexity index is 255. The van der Waals surface area contributed by atoms with Crippen molar-refractivity contribution in [3.63, 3.8) is 0 Å². The zero-order chi connectivity index (χ0) is 13.4. The summed E-state index contributed by atoms with van der Waals surface area (Å²) in [5, 5.41) is 0. The van der Waals surface area contributed by atoms with E-state index in [9.17, 15) is 9.59 Å². The van der Waals surface area contributed by atoms with Gasteiger partial charge in [0, 0.05) is 19.7 Å². The van der Waals surface area contributed by atoms with Gasteiger partial charge < -0.3 is 14.4 Å². The molecule has 0 bridgehead atoms. The van der Waals surface area contributed by atoms with Crippen molar-refractivity contribution < 1.29 is 19.1 Å². The topological polar surface area (TPSA) is 55.8 Å². The summed E-state index contributed by atoms with van der Waals surface area (Å²) in [6.45, 7) is 6.11. The van der Waals surface area contributed by atoms with Crippen molar-refractivity contribution in [2.24, 2.45) is 5.92 Å². The molecule has 0 radical (unpaired) electrons. The third-order valence-electron chi connectivity index (χ3n) is 2.79. The molecule has 2 unspecified atom stereocenters. The first kappa shape index (κ1) is 15.9. The molecule has 0 saturated carbocycles. The van der Waals surface area contributed by atoms with E-state index in [1.54, 1.807) is 11.8 Å².